The Balaban J connectivity index is 1.87. The van der Waals surface area contributed by atoms with Crippen LogP contribution in [-0.4, -0.2) is 27.3 Å². The second kappa shape index (κ2) is 5.80. The van der Waals surface area contributed by atoms with Crippen LogP contribution in [0, 0.1) is 0 Å². The number of rotatable bonds is 4. The number of methoxy groups -OCH3 is 1. The number of nitrogens with zero attached hydrogens (tertiary/aromatic N) is 4. The van der Waals surface area contributed by atoms with Crippen LogP contribution in [0.25, 0.3) is 5.69 Å². The predicted octanol–water partition coefficient (Wildman–Crippen LogP) is 3.07. The number of aromatic nitrogens is 4. The number of ether oxygens (including phenoxy) is 1. The molecule has 3 aromatic rings. The van der Waals surface area contributed by atoms with Crippen LogP contribution in [-0.2, 0) is 0 Å². The highest BCUT2D eigenvalue weighted by Crippen LogP contribution is 2.20. The van der Waals surface area contributed by atoms with Gasteiger partial charge < -0.3 is 10.1 Å². The minimum absolute atomic E-state index is 0.516. The second-order valence-electron chi connectivity index (χ2n) is 4.24. The molecule has 0 aliphatic rings. The summed E-state index contributed by atoms with van der Waals surface area (Å²) in [7, 11) is 1.62. The van der Waals surface area contributed by atoms with E-state index in [0.29, 0.717) is 11.0 Å². The zero-order valence-corrected chi connectivity index (χ0v) is 11.9. The normalized spacial score (nSPS) is 10.4. The maximum atomic E-state index is 5.86. The van der Waals surface area contributed by atoms with Crippen LogP contribution in [0.1, 0.15) is 0 Å². The van der Waals surface area contributed by atoms with Crippen molar-refractivity contribution in [3.8, 4) is 11.4 Å². The van der Waals surface area contributed by atoms with Gasteiger partial charge in [0.05, 0.1) is 12.8 Å². The fourth-order valence-electron chi connectivity index (χ4n) is 1.82. The minimum atomic E-state index is 0.516. The average molecular weight is 302 g/mol. The summed E-state index contributed by atoms with van der Waals surface area (Å²) >= 11 is 5.86. The highest BCUT2D eigenvalue weighted by molar-refractivity contribution is 6.30. The van der Waals surface area contributed by atoms with Gasteiger partial charge in [-0.3, -0.25) is 0 Å². The van der Waals surface area contributed by atoms with Crippen LogP contribution < -0.4 is 10.1 Å². The number of halogens is 1. The summed E-state index contributed by atoms with van der Waals surface area (Å²) < 4.78 is 6.74. The second-order valence-corrected chi connectivity index (χ2v) is 4.68. The predicted molar refractivity (Wildman–Crippen MR) is 80.4 cm³/mol. The summed E-state index contributed by atoms with van der Waals surface area (Å²) in [6.07, 6.45) is 0. The molecule has 0 saturated carbocycles. The summed E-state index contributed by atoms with van der Waals surface area (Å²) in [5.41, 5.74) is 1.68. The lowest BCUT2D eigenvalue weighted by Crippen LogP contribution is -2.03. The fraction of sp³-hybridized carbons (Fsp3) is 0.0714. The molecule has 0 aliphatic heterocycles. The quantitative estimate of drug-likeness (QED) is 0.802. The van der Waals surface area contributed by atoms with Crippen molar-refractivity contribution in [2.45, 2.75) is 0 Å². The van der Waals surface area contributed by atoms with Gasteiger partial charge in [-0.25, -0.2) is 0 Å². The van der Waals surface area contributed by atoms with E-state index >= 15 is 0 Å². The van der Waals surface area contributed by atoms with Gasteiger partial charge in [0, 0.05) is 10.7 Å². The molecule has 0 spiro atoms. The molecule has 0 bridgehead atoms. The number of nitrogens with one attached hydrogen (secondary N) is 1. The van der Waals surface area contributed by atoms with Gasteiger partial charge >= 0.3 is 0 Å². The number of hydrogen-bond acceptors (Lipinski definition) is 5. The van der Waals surface area contributed by atoms with Crippen molar-refractivity contribution in [3.63, 3.8) is 0 Å². The highest BCUT2D eigenvalue weighted by atomic mass is 35.5. The molecule has 1 aromatic heterocycles. The van der Waals surface area contributed by atoms with Crippen LogP contribution in [0.15, 0.2) is 48.5 Å². The molecule has 0 aliphatic carbocycles. The topological polar surface area (TPSA) is 64.9 Å². The molecule has 0 saturated heterocycles. The Kier molecular flexibility index (Phi) is 3.70. The number of anilines is 2. The van der Waals surface area contributed by atoms with Gasteiger partial charge in [-0.15, -0.1) is 0 Å². The van der Waals surface area contributed by atoms with Gasteiger partial charge in [-0.05, 0) is 59.0 Å². The van der Waals surface area contributed by atoms with Crippen LogP contribution in [0.4, 0.5) is 11.6 Å². The average Bonchev–Trinajstić information content (AvgIpc) is 2.98. The van der Waals surface area contributed by atoms with Gasteiger partial charge in [-0.1, -0.05) is 16.7 Å². The Bertz CT molecular complexity index is 724. The molecule has 1 N–H and O–H groups in total. The van der Waals surface area contributed by atoms with Crippen molar-refractivity contribution in [3.05, 3.63) is 53.6 Å². The molecule has 1 heterocycles. The van der Waals surface area contributed by atoms with E-state index in [1.54, 1.807) is 23.9 Å². The molecule has 106 valence electrons. The Morgan fingerprint density at radius 1 is 1.05 bits per heavy atom. The number of hydrogen-bond donors (Lipinski definition) is 1. The van der Waals surface area contributed by atoms with E-state index in [-0.39, 0.29) is 0 Å². The standard InChI is InChI=1S/C14H12ClN5O/c1-21-13-8-6-12(7-9-13)20-14(17-18-19-20)16-11-4-2-10(15)3-5-11/h2-9H,1H3,(H,16,17,19). The third kappa shape index (κ3) is 2.95. The Morgan fingerprint density at radius 2 is 1.76 bits per heavy atom. The summed E-state index contributed by atoms with van der Waals surface area (Å²) in [4.78, 5) is 0. The first-order valence-corrected chi connectivity index (χ1v) is 6.59. The summed E-state index contributed by atoms with van der Waals surface area (Å²) in [5.74, 6) is 1.29. The van der Waals surface area contributed by atoms with E-state index in [0.717, 1.165) is 17.1 Å². The van der Waals surface area contributed by atoms with Crippen molar-refractivity contribution in [2.24, 2.45) is 0 Å². The van der Waals surface area contributed by atoms with Gasteiger partial charge in [0.25, 0.3) is 5.95 Å². The van der Waals surface area contributed by atoms with E-state index in [4.69, 9.17) is 16.3 Å². The van der Waals surface area contributed by atoms with Gasteiger partial charge in [0.2, 0.25) is 0 Å². The Morgan fingerprint density at radius 3 is 2.43 bits per heavy atom. The largest absolute Gasteiger partial charge is 0.497 e. The summed E-state index contributed by atoms with van der Waals surface area (Å²) in [6.45, 7) is 0. The maximum absolute atomic E-state index is 5.86. The third-order valence-corrected chi connectivity index (χ3v) is 3.14. The van der Waals surface area contributed by atoms with Crippen molar-refractivity contribution >= 4 is 23.2 Å². The van der Waals surface area contributed by atoms with Crippen molar-refractivity contribution in [1.82, 2.24) is 20.2 Å². The first-order chi connectivity index (χ1) is 10.3. The van der Waals surface area contributed by atoms with Gasteiger partial charge in [-0.2, -0.15) is 4.68 Å². The van der Waals surface area contributed by atoms with Gasteiger partial charge in [0.15, 0.2) is 0 Å². The molecule has 0 atom stereocenters. The number of benzene rings is 2. The molecule has 7 heteroatoms. The summed E-state index contributed by atoms with van der Waals surface area (Å²) in [5, 5.41) is 15.5. The molecule has 2 aromatic carbocycles. The van der Waals surface area contributed by atoms with Gasteiger partial charge in [0.1, 0.15) is 5.75 Å². The molecule has 0 fully saturated rings. The van der Waals surface area contributed by atoms with E-state index in [2.05, 4.69) is 20.8 Å². The van der Waals surface area contributed by atoms with E-state index in [1.807, 2.05) is 36.4 Å². The lowest BCUT2D eigenvalue weighted by Gasteiger charge is -2.07. The Labute approximate surface area is 126 Å². The highest BCUT2D eigenvalue weighted by Gasteiger charge is 2.08. The Hall–Kier alpha value is -2.60. The zero-order valence-electron chi connectivity index (χ0n) is 11.2. The van der Waals surface area contributed by atoms with E-state index < -0.39 is 0 Å². The smallest absolute Gasteiger partial charge is 0.252 e. The van der Waals surface area contributed by atoms with Crippen molar-refractivity contribution in [2.75, 3.05) is 12.4 Å². The molecule has 0 amide bonds. The first kappa shape index (κ1) is 13.4. The lowest BCUT2D eigenvalue weighted by molar-refractivity contribution is 0.414. The molecular weight excluding hydrogens is 290 g/mol. The van der Waals surface area contributed by atoms with Crippen LogP contribution in [0.5, 0.6) is 5.75 Å². The molecule has 21 heavy (non-hydrogen) atoms. The van der Waals surface area contributed by atoms with Crippen LogP contribution in [0.3, 0.4) is 0 Å². The molecule has 3 rings (SSSR count). The SMILES string of the molecule is COc1ccc(-n2nnnc2Nc2ccc(Cl)cc2)cc1. The van der Waals surface area contributed by atoms with Crippen LogP contribution in [0.2, 0.25) is 5.02 Å². The van der Waals surface area contributed by atoms with E-state index in [9.17, 15) is 0 Å². The molecule has 6 nitrogen and oxygen atoms in total. The monoisotopic (exact) mass is 301 g/mol. The van der Waals surface area contributed by atoms with Crippen LogP contribution >= 0.6 is 11.6 Å². The zero-order chi connectivity index (χ0) is 14.7. The lowest BCUT2D eigenvalue weighted by atomic mass is 10.3. The molecule has 0 unspecified atom stereocenters. The van der Waals surface area contributed by atoms with Crippen molar-refractivity contribution < 1.29 is 4.74 Å². The summed E-state index contributed by atoms with van der Waals surface area (Å²) in [6, 6.07) is 14.8. The van der Waals surface area contributed by atoms with Crippen molar-refractivity contribution in [1.29, 1.82) is 0 Å². The minimum Gasteiger partial charge on any atom is -0.497 e. The molecule has 0 radical (unpaired) electrons. The maximum Gasteiger partial charge on any atom is 0.252 e. The number of tetrazole rings is 1. The third-order valence-electron chi connectivity index (χ3n) is 2.89. The first-order valence-electron chi connectivity index (χ1n) is 6.21. The molecular formula is C14H12ClN5O. The van der Waals surface area contributed by atoms with E-state index in [1.165, 1.54) is 0 Å². The fourth-order valence-corrected chi connectivity index (χ4v) is 1.95.